The highest BCUT2D eigenvalue weighted by Crippen LogP contribution is 2.25. The highest BCUT2D eigenvalue weighted by molar-refractivity contribution is 6.33. The highest BCUT2D eigenvalue weighted by Gasteiger charge is 2.16. The summed E-state index contributed by atoms with van der Waals surface area (Å²) in [6.45, 7) is 0.667. The Morgan fingerprint density at radius 1 is 1.14 bits per heavy atom. The molecule has 2 N–H and O–H groups in total. The number of aromatic nitrogens is 1. The second-order valence-corrected chi connectivity index (χ2v) is 4.83. The molecule has 2 aromatic rings. The van der Waals surface area contributed by atoms with Crippen molar-refractivity contribution in [2.24, 2.45) is 4.99 Å². The molecule has 1 aliphatic heterocycles. The average molecular weight is 292 g/mol. The lowest BCUT2D eigenvalue weighted by atomic mass is 9.97. The van der Waals surface area contributed by atoms with E-state index in [0.29, 0.717) is 6.54 Å². The number of amides is 2. The van der Waals surface area contributed by atoms with E-state index in [1.165, 1.54) is 0 Å². The van der Waals surface area contributed by atoms with E-state index in [4.69, 9.17) is 0 Å². The lowest BCUT2D eigenvalue weighted by Crippen LogP contribution is -2.24. The fourth-order valence-corrected chi connectivity index (χ4v) is 2.38. The second kappa shape index (κ2) is 6.22. The van der Waals surface area contributed by atoms with Crippen LogP contribution >= 0.6 is 0 Å². The summed E-state index contributed by atoms with van der Waals surface area (Å²) in [5, 5.41) is 5.31. The molecule has 0 aliphatic carbocycles. The molecule has 0 radical (unpaired) electrons. The number of carbonyl (C=O) groups is 1. The number of benzene rings is 1. The monoisotopic (exact) mass is 292 g/mol. The van der Waals surface area contributed by atoms with Gasteiger partial charge in [-0.1, -0.05) is 18.2 Å². The number of allylic oxidation sites excluding steroid dienone is 1. The van der Waals surface area contributed by atoms with Crippen LogP contribution in [0.15, 0.2) is 59.9 Å². The van der Waals surface area contributed by atoms with Crippen LogP contribution in [0, 0.1) is 0 Å². The number of urea groups is 1. The third-order valence-corrected chi connectivity index (χ3v) is 3.41. The average Bonchev–Trinajstić information content (AvgIpc) is 3.05. The summed E-state index contributed by atoms with van der Waals surface area (Å²) in [4.78, 5) is 20.1. The molecule has 22 heavy (non-hydrogen) atoms. The normalized spacial score (nSPS) is 13.3. The maximum atomic E-state index is 11.4. The number of aliphatic imine (C=N–C) groups is 1. The number of nitrogens with zero attached hydrogens (tertiary/aromatic N) is 2. The maximum Gasteiger partial charge on any atom is 0.318 e. The van der Waals surface area contributed by atoms with Gasteiger partial charge in [-0.3, -0.25) is 9.98 Å². The summed E-state index contributed by atoms with van der Waals surface area (Å²) in [5.41, 5.74) is 4.84. The fraction of sp³-hybridized carbons (Fsp3) is 0.118. The van der Waals surface area contributed by atoms with Crippen LogP contribution in [0.4, 0.5) is 10.5 Å². The van der Waals surface area contributed by atoms with Crippen molar-refractivity contribution in [3.63, 3.8) is 0 Å². The number of hydrogen-bond donors (Lipinski definition) is 2. The Balaban J connectivity index is 1.90. The van der Waals surface area contributed by atoms with E-state index in [2.05, 4.69) is 26.7 Å². The quantitative estimate of drug-likeness (QED) is 0.913. The van der Waals surface area contributed by atoms with Crippen LogP contribution < -0.4 is 10.6 Å². The standard InChI is InChI=1S/C17H16N4O/c1-18-17(22)21-14-4-2-3-13(11-14)16-15(7-10-20-16)12-5-8-19-9-6-12/h2-9,11H,10H2,1H3,(H2,18,21,22). The molecule has 5 heteroatoms. The van der Waals surface area contributed by atoms with Crippen LogP contribution in [0.25, 0.3) is 5.57 Å². The largest absolute Gasteiger partial charge is 0.341 e. The molecule has 1 aromatic heterocycles. The third kappa shape index (κ3) is 2.88. The zero-order chi connectivity index (χ0) is 15.4. The van der Waals surface area contributed by atoms with E-state index < -0.39 is 0 Å². The van der Waals surface area contributed by atoms with Gasteiger partial charge in [-0.2, -0.15) is 0 Å². The van der Waals surface area contributed by atoms with Crippen molar-refractivity contribution in [1.29, 1.82) is 0 Å². The first-order valence-corrected chi connectivity index (χ1v) is 7.02. The van der Waals surface area contributed by atoms with Crippen molar-refractivity contribution in [3.05, 3.63) is 66.0 Å². The topological polar surface area (TPSA) is 66.4 Å². The maximum absolute atomic E-state index is 11.4. The lowest BCUT2D eigenvalue weighted by molar-refractivity contribution is 0.254. The Hall–Kier alpha value is -2.95. The Morgan fingerprint density at radius 3 is 2.73 bits per heavy atom. The smallest absolute Gasteiger partial charge is 0.318 e. The van der Waals surface area contributed by atoms with Gasteiger partial charge in [-0.25, -0.2) is 4.79 Å². The van der Waals surface area contributed by atoms with Crippen molar-refractivity contribution in [2.75, 3.05) is 18.9 Å². The van der Waals surface area contributed by atoms with Gasteiger partial charge in [-0.05, 0) is 29.8 Å². The molecule has 110 valence electrons. The van der Waals surface area contributed by atoms with Crippen molar-refractivity contribution < 1.29 is 4.79 Å². The Bertz CT molecular complexity index is 750. The van der Waals surface area contributed by atoms with Crippen LogP contribution in [0.2, 0.25) is 0 Å². The summed E-state index contributed by atoms with van der Waals surface area (Å²) >= 11 is 0. The number of nitrogens with one attached hydrogen (secondary N) is 2. The molecule has 0 unspecified atom stereocenters. The lowest BCUT2D eigenvalue weighted by Gasteiger charge is -2.10. The second-order valence-electron chi connectivity index (χ2n) is 4.83. The molecular weight excluding hydrogens is 276 g/mol. The first-order chi connectivity index (χ1) is 10.8. The minimum Gasteiger partial charge on any atom is -0.341 e. The van der Waals surface area contributed by atoms with E-state index in [0.717, 1.165) is 28.1 Å². The van der Waals surface area contributed by atoms with E-state index in [1.807, 2.05) is 36.4 Å². The van der Waals surface area contributed by atoms with Gasteiger partial charge in [-0.15, -0.1) is 0 Å². The minimum absolute atomic E-state index is 0.240. The van der Waals surface area contributed by atoms with Gasteiger partial charge in [0, 0.05) is 36.3 Å². The molecule has 1 aliphatic rings. The van der Waals surface area contributed by atoms with Crippen molar-refractivity contribution in [3.8, 4) is 0 Å². The summed E-state index contributed by atoms with van der Waals surface area (Å²) in [6, 6.07) is 11.4. The molecule has 2 amide bonds. The number of pyridine rings is 1. The van der Waals surface area contributed by atoms with E-state index in [9.17, 15) is 4.79 Å². The molecule has 0 spiro atoms. The molecule has 0 atom stereocenters. The van der Waals surface area contributed by atoms with Crippen LogP contribution in [0.1, 0.15) is 11.1 Å². The SMILES string of the molecule is CNC(=O)Nc1cccc(C2=NCC=C2c2ccncc2)c1. The Morgan fingerprint density at radius 2 is 1.95 bits per heavy atom. The molecular formula is C17H16N4O. The fourth-order valence-electron chi connectivity index (χ4n) is 2.38. The van der Waals surface area contributed by atoms with Gasteiger partial charge in [0.05, 0.1) is 12.3 Å². The van der Waals surface area contributed by atoms with Gasteiger partial charge in [0.25, 0.3) is 0 Å². The number of hydrogen-bond acceptors (Lipinski definition) is 3. The summed E-state index contributed by atoms with van der Waals surface area (Å²) in [7, 11) is 1.59. The van der Waals surface area contributed by atoms with Gasteiger partial charge in [0.2, 0.25) is 0 Å². The summed E-state index contributed by atoms with van der Waals surface area (Å²) in [5.74, 6) is 0. The van der Waals surface area contributed by atoms with Gasteiger partial charge in [0.1, 0.15) is 0 Å². The number of carbonyl (C=O) groups excluding carboxylic acids is 1. The zero-order valence-corrected chi connectivity index (χ0v) is 12.2. The minimum atomic E-state index is -0.240. The number of anilines is 1. The van der Waals surface area contributed by atoms with Crippen LogP contribution in [0.5, 0.6) is 0 Å². The molecule has 0 saturated heterocycles. The Labute approximate surface area is 128 Å². The highest BCUT2D eigenvalue weighted by atomic mass is 16.2. The molecule has 0 bridgehead atoms. The zero-order valence-electron chi connectivity index (χ0n) is 12.2. The molecule has 0 saturated carbocycles. The third-order valence-electron chi connectivity index (χ3n) is 3.41. The van der Waals surface area contributed by atoms with Crippen LogP contribution in [-0.4, -0.2) is 30.3 Å². The van der Waals surface area contributed by atoms with Crippen molar-refractivity contribution in [1.82, 2.24) is 10.3 Å². The summed E-state index contributed by atoms with van der Waals surface area (Å²) < 4.78 is 0. The van der Waals surface area contributed by atoms with Crippen molar-refractivity contribution in [2.45, 2.75) is 0 Å². The predicted molar refractivity (Wildman–Crippen MR) is 88.1 cm³/mol. The van der Waals surface area contributed by atoms with E-state index in [-0.39, 0.29) is 6.03 Å². The van der Waals surface area contributed by atoms with E-state index in [1.54, 1.807) is 19.4 Å². The van der Waals surface area contributed by atoms with Crippen LogP contribution in [-0.2, 0) is 0 Å². The van der Waals surface area contributed by atoms with Crippen LogP contribution in [0.3, 0.4) is 0 Å². The molecule has 0 fully saturated rings. The molecule has 1 aromatic carbocycles. The van der Waals surface area contributed by atoms with Crippen molar-refractivity contribution >= 4 is 23.0 Å². The molecule has 5 nitrogen and oxygen atoms in total. The summed E-state index contributed by atoms with van der Waals surface area (Å²) in [6.07, 6.45) is 5.65. The van der Waals surface area contributed by atoms with Gasteiger partial charge in [0.15, 0.2) is 0 Å². The predicted octanol–water partition coefficient (Wildman–Crippen LogP) is 2.72. The first kappa shape index (κ1) is 14.0. The Kier molecular flexibility index (Phi) is 3.96. The molecule has 3 rings (SSSR count). The number of rotatable bonds is 3. The first-order valence-electron chi connectivity index (χ1n) is 7.02. The van der Waals surface area contributed by atoms with E-state index >= 15 is 0 Å². The molecule has 2 heterocycles. The van der Waals surface area contributed by atoms with Gasteiger partial charge >= 0.3 is 6.03 Å². The van der Waals surface area contributed by atoms with Gasteiger partial charge < -0.3 is 10.6 Å².